The van der Waals surface area contributed by atoms with Gasteiger partial charge in [-0.1, -0.05) is 28.1 Å². The molecular weight excluding hydrogens is 258 g/mol. The van der Waals surface area contributed by atoms with E-state index in [0.717, 1.165) is 15.6 Å². The molecule has 1 rings (SSSR count). The fraction of sp³-hybridized carbons (Fsp3) is 0.364. The molecule has 15 heavy (non-hydrogen) atoms. The summed E-state index contributed by atoms with van der Waals surface area (Å²) in [5, 5.41) is 0. The quantitative estimate of drug-likeness (QED) is 0.854. The van der Waals surface area contributed by atoms with Crippen molar-refractivity contribution >= 4 is 21.9 Å². The van der Waals surface area contributed by atoms with E-state index in [-0.39, 0.29) is 5.97 Å². The Morgan fingerprint density at radius 2 is 2.27 bits per heavy atom. The lowest BCUT2D eigenvalue weighted by Gasteiger charge is -2.10. The van der Waals surface area contributed by atoms with Crippen LogP contribution in [-0.2, 0) is 16.0 Å². The number of benzene rings is 1. The second kappa shape index (κ2) is 5.28. The summed E-state index contributed by atoms with van der Waals surface area (Å²) in [6.07, 6.45) is 0.480. The molecule has 1 atom stereocenters. The predicted octanol–water partition coefficient (Wildman–Crippen LogP) is 1.80. The van der Waals surface area contributed by atoms with Crippen molar-refractivity contribution in [1.29, 1.82) is 0 Å². The van der Waals surface area contributed by atoms with Crippen molar-refractivity contribution in [3.05, 3.63) is 33.8 Å². The molecular formula is C11H14BrNO2. The number of esters is 1. The van der Waals surface area contributed by atoms with E-state index >= 15 is 0 Å². The second-order valence-corrected chi connectivity index (χ2v) is 4.28. The minimum Gasteiger partial charge on any atom is -0.468 e. The first-order chi connectivity index (χ1) is 7.04. The van der Waals surface area contributed by atoms with Crippen LogP contribution in [0.3, 0.4) is 0 Å². The highest BCUT2D eigenvalue weighted by Gasteiger charge is 2.15. The molecule has 0 saturated heterocycles. The van der Waals surface area contributed by atoms with Crippen LogP contribution in [0.25, 0.3) is 0 Å². The lowest BCUT2D eigenvalue weighted by molar-refractivity contribution is -0.142. The zero-order valence-corrected chi connectivity index (χ0v) is 10.4. The van der Waals surface area contributed by atoms with E-state index in [4.69, 9.17) is 5.73 Å². The van der Waals surface area contributed by atoms with Gasteiger partial charge in [-0.15, -0.1) is 0 Å². The van der Waals surface area contributed by atoms with E-state index < -0.39 is 6.04 Å². The SMILES string of the molecule is COC(=O)C(N)Cc1ccc(C)cc1Br. The van der Waals surface area contributed by atoms with Crippen molar-refractivity contribution in [3.63, 3.8) is 0 Å². The molecule has 0 saturated carbocycles. The Morgan fingerprint density at radius 1 is 1.60 bits per heavy atom. The zero-order chi connectivity index (χ0) is 11.4. The summed E-state index contributed by atoms with van der Waals surface area (Å²) in [5.74, 6) is -0.387. The molecule has 0 amide bonds. The number of rotatable bonds is 3. The van der Waals surface area contributed by atoms with Crippen molar-refractivity contribution in [3.8, 4) is 0 Å². The highest BCUT2D eigenvalue weighted by atomic mass is 79.9. The number of aryl methyl sites for hydroxylation is 1. The molecule has 0 spiro atoms. The zero-order valence-electron chi connectivity index (χ0n) is 8.79. The topological polar surface area (TPSA) is 52.3 Å². The van der Waals surface area contributed by atoms with Crippen LogP contribution in [-0.4, -0.2) is 19.1 Å². The Morgan fingerprint density at radius 3 is 2.80 bits per heavy atom. The molecule has 1 aromatic carbocycles. The van der Waals surface area contributed by atoms with E-state index in [1.807, 2.05) is 25.1 Å². The fourth-order valence-electron chi connectivity index (χ4n) is 1.29. The number of halogens is 1. The number of carbonyl (C=O) groups is 1. The van der Waals surface area contributed by atoms with Crippen LogP contribution in [0.5, 0.6) is 0 Å². The average Bonchev–Trinajstić information content (AvgIpc) is 2.20. The van der Waals surface area contributed by atoms with E-state index in [1.54, 1.807) is 0 Å². The molecule has 0 aliphatic heterocycles. The largest absolute Gasteiger partial charge is 0.468 e. The summed E-state index contributed by atoms with van der Waals surface area (Å²) < 4.78 is 5.54. The van der Waals surface area contributed by atoms with Gasteiger partial charge in [0.2, 0.25) is 0 Å². The van der Waals surface area contributed by atoms with Crippen molar-refractivity contribution in [1.82, 2.24) is 0 Å². The molecule has 1 aromatic rings. The molecule has 0 heterocycles. The molecule has 0 fully saturated rings. The molecule has 0 bridgehead atoms. The summed E-state index contributed by atoms with van der Waals surface area (Å²) in [6, 6.07) is 5.35. The average molecular weight is 272 g/mol. The van der Waals surface area contributed by atoms with Crippen molar-refractivity contribution < 1.29 is 9.53 Å². The summed E-state index contributed by atoms with van der Waals surface area (Å²) in [6.45, 7) is 2.01. The Balaban J connectivity index is 2.76. The third-order valence-electron chi connectivity index (χ3n) is 2.15. The predicted molar refractivity (Wildman–Crippen MR) is 62.6 cm³/mol. The van der Waals surface area contributed by atoms with Crippen LogP contribution >= 0.6 is 15.9 Å². The van der Waals surface area contributed by atoms with Gasteiger partial charge in [0.1, 0.15) is 6.04 Å². The molecule has 0 aromatic heterocycles. The van der Waals surface area contributed by atoms with Gasteiger partial charge < -0.3 is 10.5 Å². The van der Waals surface area contributed by atoms with Gasteiger partial charge in [-0.3, -0.25) is 4.79 Å². The first kappa shape index (κ1) is 12.2. The molecule has 0 aliphatic carbocycles. The second-order valence-electron chi connectivity index (χ2n) is 3.43. The van der Waals surface area contributed by atoms with Crippen LogP contribution in [0.15, 0.2) is 22.7 Å². The standard InChI is InChI=1S/C11H14BrNO2/c1-7-3-4-8(9(12)5-7)6-10(13)11(14)15-2/h3-5,10H,6,13H2,1-2H3. The number of ether oxygens (including phenoxy) is 1. The van der Waals surface area contributed by atoms with E-state index in [0.29, 0.717) is 6.42 Å². The lowest BCUT2D eigenvalue weighted by atomic mass is 10.1. The number of nitrogens with two attached hydrogens (primary N) is 1. The van der Waals surface area contributed by atoms with Crippen LogP contribution in [0.4, 0.5) is 0 Å². The third kappa shape index (κ3) is 3.32. The van der Waals surface area contributed by atoms with Gasteiger partial charge in [0, 0.05) is 4.47 Å². The first-order valence-electron chi connectivity index (χ1n) is 4.63. The van der Waals surface area contributed by atoms with Gasteiger partial charge in [0.15, 0.2) is 0 Å². The van der Waals surface area contributed by atoms with E-state index in [2.05, 4.69) is 20.7 Å². The van der Waals surface area contributed by atoms with Crippen molar-refractivity contribution in [2.45, 2.75) is 19.4 Å². The highest BCUT2D eigenvalue weighted by Crippen LogP contribution is 2.19. The van der Waals surface area contributed by atoms with E-state index in [1.165, 1.54) is 7.11 Å². The van der Waals surface area contributed by atoms with Crippen molar-refractivity contribution in [2.24, 2.45) is 5.73 Å². The summed E-state index contributed by atoms with van der Waals surface area (Å²) in [4.78, 5) is 11.1. The van der Waals surface area contributed by atoms with Gasteiger partial charge in [-0.05, 0) is 30.5 Å². The minimum absolute atomic E-state index is 0.387. The monoisotopic (exact) mass is 271 g/mol. The Hall–Kier alpha value is -0.870. The summed E-state index contributed by atoms with van der Waals surface area (Å²) in [7, 11) is 1.34. The number of carbonyl (C=O) groups excluding carboxylic acids is 1. The molecule has 0 aliphatic rings. The van der Waals surface area contributed by atoms with Crippen molar-refractivity contribution in [2.75, 3.05) is 7.11 Å². The maximum atomic E-state index is 11.1. The van der Waals surface area contributed by atoms with Crippen LogP contribution in [0.1, 0.15) is 11.1 Å². The third-order valence-corrected chi connectivity index (χ3v) is 2.89. The molecule has 2 N–H and O–H groups in total. The Kier molecular flexibility index (Phi) is 4.29. The van der Waals surface area contributed by atoms with E-state index in [9.17, 15) is 4.79 Å². The molecule has 3 nitrogen and oxygen atoms in total. The van der Waals surface area contributed by atoms with Gasteiger partial charge in [0.25, 0.3) is 0 Å². The highest BCUT2D eigenvalue weighted by molar-refractivity contribution is 9.10. The maximum absolute atomic E-state index is 11.1. The molecule has 0 radical (unpaired) electrons. The number of methoxy groups -OCH3 is 1. The maximum Gasteiger partial charge on any atom is 0.322 e. The first-order valence-corrected chi connectivity index (χ1v) is 5.42. The fourth-order valence-corrected chi connectivity index (χ4v) is 1.94. The van der Waals surface area contributed by atoms with Gasteiger partial charge in [0.05, 0.1) is 7.11 Å². The van der Waals surface area contributed by atoms with Crippen LogP contribution in [0.2, 0.25) is 0 Å². The smallest absolute Gasteiger partial charge is 0.322 e. The summed E-state index contributed by atoms with van der Waals surface area (Å²) >= 11 is 3.44. The Labute approximate surface area is 97.7 Å². The normalized spacial score (nSPS) is 12.3. The molecule has 4 heteroatoms. The number of hydrogen-bond donors (Lipinski definition) is 1. The van der Waals surface area contributed by atoms with Crippen LogP contribution in [0, 0.1) is 6.92 Å². The van der Waals surface area contributed by atoms with Crippen LogP contribution < -0.4 is 5.73 Å². The van der Waals surface area contributed by atoms with Gasteiger partial charge in [-0.25, -0.2) is 0 Å². The minimum atomic E-state index is -0.603. The lowest BCUT2D eigenvalue weighted by Crippen LogP contribution is -2.33. The summed E-state index contributed by atoms with van der Waals surface area (Å²) in [5.41, 5.74) is 7.85. The van der Waals surface area contributed by atoms with Gasteiger partial charge >= 0.3 is 5.97 Å². The molecule has 82 valence electrons. The Bertz CT molecular complexity index is 366. The number of hydrogen-bond acceptors (Lipinski definition) is 3. The molecule has 1 unspecified atom stereocenters. The van der Waals surface area contributed by atoms with Gasteiger partial charge in [-0.2, -0.15) is 0 Å².